The minimum absolute atomic E-state index is 0.458. The van der Waals surface area contributed by atoms with Crippen molar-refractivity contribution in [2.24, 2.45) is 0 Å². The minimum Gasteiger partial charge on any atom is -0.490 e. The molecule has 1 atom stereocenters. The van der Waals surface area contributed by atoms with Crippen LogP contribution in [0.3, 0.4) is 0 Å². The Kier molecular flexibility index (Phi) is 13.0. The summed E-state index contributed by atoms with van der Waals surface area (Å²) < 4.78 is 32.1. The third-order valence-corrected chi connectivity index (χ3v) is 7.55. The summed E-state index contributed by atoms with van der Waals surface area (Å²) in [6.07, 6.45) is 12.7. The average Bonchev–Trinajstić information content (AvgIpc) is 2.83. The first kappa shape index (κ1) is 28.1. The lowest BCUT2D eigenvalue weighted by molar-refractivity contribution is -0.696. The Balaban J connectivity index is 1.97. The van der Waals surface area contributed by atoms with Gasteiger partial charge < -0.3 is 14.0 Å². The van der Waals surface area contributed by atoms with Crippen LogP contribution in [0.4, 0.5) is 0 Å². The van der Waals surface area contributed by atoms with Crippen LogP contribution in [0.2, 0.25) is 0 Å². The van der Waals surface area contributed by atoms with Crippen LogP contribution in [-0.4, -0.2) is 32.5 Å². The molecule has 1 aromatic carbocycles. The Morgan fingerprint density at radius 3 is 2.29 bits per heavy atom. The molecule has 0 saturated carbocycles. The number of hydrogen-bond donors (Lipinski definition) is 1. The molecule has 34 heavy (non-hydrogen) atoms. The van der Waals surface area contributed by atoms with E-state index in [-0.39, 0.29) is 0 Å². The number of nitrogens with one attached hydrogen (secondary N) is 1. The van der Waals surface area contributed by atoms with Crippen LogP contribution >= 0.6 is 7.52 Å². The third-order valence-electron chi connectivity index (χ3n) is 5.18. The second-order valence-corrected chi connectivity index (χ2v) is 10.5. The monoisotopic (exact) mass is 489 g/mol. The molecular weight excluding hydrogens is 447 g/mol. The number of pyridine rings is 1. The number of benzene rings is 1. The van der Waals surface area contributed by atoms with E-state index in [9.17, 15) is 4.57 Å². The van der Waals surface area contributed by atoms with Gasteiger partial charge in [-0.2, -0.15) is 0 Å². The van der Waals surface area contributed by atoms with Crippen LogP contribution in [0.1, 0.15) is 64.5 Å². The molecule has 0 amide bonds. The molecule has 1 unspecified atom stereocenters. The van der Waals surface area contributed by atoms with Crippen molar-refractivity contribution in [3.63, 3.8) is 0 Å². The first-order valence-corrected chi connectivity index (χ1v) is 14.4. The number of aromatic nitrogens is 1. The van der Waals surface area contributed by atoms with Gasteiger partial charge in [0.05, 0.1) is 19.8 Å². The summed E-state index contributed by atoms with van der Waals surface area (Å²) in [5.74, 6) is 1.61. The van der Waals surface area contributed by atoms with Crippen molar-refractivity contribution in [3.05, 3.63) is 53.9 Å². The summed E-state index contributed by atoms with van der Waals surface area (Å²) in [5.41, 5.74) is 2.19. The van der Waals surface area contributed by atoms with E-state index in [0.29, 0.717) is 32.5 Å². The predicted molar refractivity (Wildman–Crippen MR) is 141 cm³/mol. The highest BCUT2D eigenvalue weighted by Gasteiger charge is 2.21. The highest BCUT2D eigenvalue weighted by molar-refractivity contribution is 7.56. The molecule has 0 aliphatic heterocycles. The van der Waals surface area contributed by atoms with Crippen molar-refractivity contribution in [3.8, 4) is 11.5 Å². The van der Waals surface area contributed by atoms with E-state index in [1.807, 2.05) is 26.0 Å². The summed E-state index contributed by atoms with van der Waals surface area (Å²) in [6.45, 7) is 11.4. The van der Waals surface area contributed by atoms with E-state index in [2.05, 4.69) is 66.2 Å². The van der Waals surface area contributed by atoms with Crippen molar-refractivity contribution < 1.29 is 23.1 Å². The van der Waals surface area contributed by atoms with Gasteiger partial charge in [0.15, 0.2) is 23.9 Å². The quantitative estimate of drug-likeness (QED) is 0.160. The maximum absolute atomic E-state index is 12.7. The Labute approximate surface area is 205 Å². The number of rotatable bonds is 17. The van der Waals surface area contributed by atoms with Gasteiger partial charge in [-0.3, -0.25) is 4.57 Å². The highest BCUT2D eigenvalue weighted by atomic mass is 31.2. The Morgan fingerprint density at radius 1 is 0.882 bits per heavy atom. The van der Waals surface area contributed by atoms with Crippen LogP contribution in [-0.2, 0) is 15.6 Å². The number of unbranched alkanes of at least 4 members (excludes halogenated alkanes) is 1. The second-order valence-electron chi connectivity index (χ2n) is 8.14. The minimum atomic E-state index is -2.73. The van der Waals surface area contributed by atoms with E-state index in [1.54, 1.807) is 0 Å². The molecule has 0 bridgehead atoms. The van der Waals surface area contributed by atoms with Gasteiger partial charge in [0, 0.05) is 31.3 Å². The number of ether oxygens (including phenoxy) is 2. The summed E-state index contributed by atoms with van der Waals surface area (Å²) in [7, 11) is -2.73. The van der Waals surface area contributed by atoms with Crippen molar-refractivity contribution in [2.45, 2.75) is 59.9 Å². The van der Waals surface area contributed by atoms with Gasteiger partial charge in [-0.15, -0.1) is 0 Å². The zero-order valence-electron chi connectivity index (χ0n) is 21.3. The molecule has 0 radical (unpaired) electrons. The van der Waals surface area contributed by atoms with E-state index in [4.69, 9.17) is 14.0 Å². The molecule has 0 fully saturated rings. The third kappa shape index (κ3) is 10.0. The summed E-state index contributed by atoms with van der Waals surface area (Å²) in [4.78, 5) is 0. The fraction of sp³-hybridized carbons (Fsp3) is 0.519. The van der Waals surface area contributed by atoms with E-state index in [1.165, 1.54) is 0 Å². The van der Waals surface area contributed by atoms with Crippen molar-refractivity contribution >= 4 is 19.7 Å². The number of aryl methyl sites for hydroxylation is 1. The van der Waals surface area contributed by atoms with Crippen LogP contribution in [0.25, 0.3) is 12.2 Å². The van der Waals surface area contributed by atoms with Gasteiger partial charge in [0.25, 0.3) is 7.52 Å². The first-order valence-electron chi connectivity index (χ1n) is 12.6. The lowest BCUT2D eigenvalue weighted by atomic mass is 10.1. The molecule has 188 valence electrons. The zero-order valence-corrected chi connectivity index (χ0v) is 22.2. The molecule has 2 rings (SSSR count). The van der Waals surface area contributed by atoms with Crippen molar-refractivity contribution in [1.29, 1.82) is 0 Å². The Hall–Kier alpha value is -2.14. The molecular formula is C27H42N2O4P+. The number of hydrogen-bond acceptors (Lipinski definition) is 4. The van der Waals surface area contributed by atoms with Crippen LogP contribution in [0, 0.1) is 0 Å². The Bertz CT molecular complexity index is 905. The fourth-order valence-corrected chi connectivity index (χ4v) is 5.26. The maximum Gasteiger partial charge on any atom is 0.270 e. The fourth-order valence-electron chi connectivity index (χ4n) is 3.42. The van der Waals surface area contributed by atoms with Gasteiger partial charge in [-0.05, 0) is 43.0 Å². The van der Waals surface area contributed by atoms with Gasteiger partial charge in [-0.25, -0.2) is 9.65 Å². The molecule has 2 aromatic rings. The number of nitrogens with zero attached hydrogens (tertiary/aromatic N) is 1. The van der Waals surface area contributed by atoms with Crippen molar-refractivity contribution in [2.75, 3.05) is 32.5 Å². The van der Waals surface area contributed by atoms with E-state index >= 15 is 0 Å². The summed E-state index contributed by atoms with van der Waals surface area (Å²) in [5, 5.41) is 3.02. The molecule has 6 nitrogen and oxygen atoms in total. The van der Waals surface area contributed by atoms with Crippen LogP contribution in [0.15, 0.2) is 42.7 Å². The van der Waals surface area contributed by atoms with Gasteiger partial charge in [0.1, 0.15) is 6.54 Å². The molecule has 0 aliphatic rings. The lowest BCUT2D eigenvalue weighted by Crippen LogP contribution is -2.33. The van der Waals surface area contributed by atoms with E-state index in [0.717, 1.165) is 54.9 Å². The molecule has 0 spiro atoms. The zero-order chi connectivity index (χ0) is 24.7. The predicted octanol–water partition coefficient (Wildman–Crippen LogP) is 6.34. The van der Waals surface area contributed by atoms with Gasteiger partial charge >= 0.3 is 0 Å². The maximum atomic E-state index is 12.7. The standard InChI is InChI=1S/C27H42N2O4P/c1-5-9-21-32-27-23-25(13-14-26(27)31-20-6-2)12-11-24-15-18-29(19-16-24)17-10-22-34(30,28-7-3)33-8-4/h11-16,18-19,23H,5-10,17,20-22H2,1-4H3,(H,28,30)/q+1. The second kappa shape index (κ2) is 15.7. The molecule has 1 aromatic heterocycles. The molecule has 0 aliphatic carbocycles. The highest BCUT2D eigenvalue weighted by Crippen LogP contribution is 2.42. The molecule has 1 N–H and O–H groups in total. The Morgan fingerprint density at radius 2 is 1.62 bits per heavy atom. The largest absolute Gasteiger partial charge is 0.490 e. The lowest BCUT2D eigenvalue weighted by Gasteiger charge is -2.17. The van der Waals surface area contributed by atoms with Crippen molar-refractivity contribution in [1.82, 2.24) is 5.09 Å². The summed E-state index contributed by atoms with van der Waals surface area (Å²) >= 11 is 0. The molecule has 7 heteroatoms. The summed E-state index contributed by atoms with van der Waals surface area (Å²) in [6, 6.07) is 10.3. The normalized spacial score (nSPS) is 13.2. The average molecular weight is 490 g/mol. The molecule has 1 heterocycles. The van der Waals surface area contributed by atoms with Crippen LogP contribution < -0.4 is 19.1 Å². The first-order chi connectivity index (χ1) is 16.5. The molecule has 0 saturated heterocycles. The smallest absolute Gasteiger partial charge is 0.270 e. The topological polar surface area (TPSA) is 60.7 Å². The SMILES string of the molecule is CCCCOc1cc(C=Cc2cc[n+](CCCP(=O)(NCC)OCC)cc2)ccc1OCCC. The van der Waals surface area contributed by atoms with Gasteiger partial charge in [0.2, 0.25) is 0 Å². The van der Waals surface area contributed by atoms with E-state index < -0.39 is 7.52 Å². The van der Waals surface area contributed by atoms with Gasteiger partial charge in [-0.1, -0.05) is 45.4 Å². The van der Waals surface area contributed by atoms with Crippen LogP contribution in [0.5, 0.6) is 11.5 Å².